The minimum Gasteiger partial charge on any atom is -0.493 e. The quantitative estimate of drug-likeness (QED) is 0.536. The lowest BCUT2D eigenvalue weighted by molar-refractivity contribution is 0.0787. The van der Waals surface area contributed by atoms with E-state index in [0.717, 1.165) is 10.6 Å². The van der Waals surface area contributed by atoms with E-state index in [0.29, 0.717) is 30.9 Å². The zero-order valence-corrected chi connectivity index (χ0v) is 19.0. The average Bonchev–Trinajstić information content (AvgIpc) is 2.70. The number of ether oxygens (including phenoxy) is 1. The molecule has 0 unspecified atom stereocenters. The number of amides is 1. The summed E-state index contributed by atoms with van der Waals surface area (Å²) in [5.41, 5.74) is 0.386. The maximum Gasteiger partial charge on any atom is 0.253 e. The van der Waals surface area contributed by atoms with Crippen LogP contribution in [0, 0.1) is 0 Å². The normalized spacial score (nSPS) is 12.0. The number of carbonyl (C=O) groups excluding carboxylic acids is 1. The van der Waals surface area contributed by atoms with Crippen LogP contribution in [0.5, 0.6) is 5.75 Å². The van der Waals surface area contributed by atoms with Gasteiger partial charge in [-0.1, -0.05) is 6.07 Å². The summed E-state index contributed by atoms with van der Waals surface area (Å²) >= 11 is 0. The highest BCUT2D eigenvalue weighted by atomic mass is 32.2. The van der Waals surface area contributed by atoms with Crippen LogP contribution in [0.4, 0.5) is 0 Å². The zero-order chi connectivity index (χ0) is 22.5. The highest BCUT2D eigenvalue weighted by Gasteiger charge is 2.18. The van der Waals surface area contributed by atoms with Gasteiger partial charge in [-0.15, -0.1) is 0 Å². The molecule has 30 heavy (non-hydrogen) atoms. The second-order valence-electron chi connectivity index (χ2n) is 6.99. The molecule has 0 aliphatic rings. The van der Waals surface area contributed by atoms with Crippen molar-refractivity contribution in [3.8, 4) is 5.75 Å². The number of sulfone groups is 1. The SMILES string of the molecule is CN(CCCOc1cccc(S(C)(=O)=O)c1)C(=O)c1ccc(S(=O)(=O)N(C)C)cc1. The van der Waals surface area contributed by atoms with Gasteiger partial charge < -0.3 is 9.64 Å². The molecule has 10 heteroatoms. The van der Waals surface area contributed by atoms with E-state index < -0.39 is 19.9 Å². The first-order valence-electron chi connectivity index (χ1n) is 9.14. The minimum absolute atomic E-state index is 0.122. The summed E-state index contributed by atoms with van der Waals surface area (Å²) in [6.07, 6.45) is 1.67. The molecular weight excluding hydrogens is 428 g/mol. The van der Waals surface area contributed by atoms with E-state index >= 15 is 0 Å². The minimum atomic E-state index is -3.54. The number of nitrogens with zero attached hydrogens (tertiary/aromatic N) is 2. The highest BCUT2D eigenvalue weighted by Crippen LogP contribution is 2.18. The lowest BCUT2D eigenvalue weighted by Crippen LogP contribution is -2.28. The lowest BCUT2D eigenvalue weighted by atomic mass is 10.2. The van der Waals surface area contributed by atoms with E-state index in [2.05, 4.69) is 0 Å². The predicted octanol–water partition coefficient (Wildman–Crippen LogP) is 1.88. The summed E-state index contributed by atoms with van der Waals surface area (Å²) < 4.78 is 54.1. The number of hydrogen-bond donors (Lipinski definition) is 0. The Morgan fingerprint density at radius 1 is 0.933 bits per heavy atom. The molecule has 0 heterocycles. The molecule has 0 atom stereocenters. The van der Waals surface area contributed by atoms with Crippen molar-refractivity contribution in [3.05, 3.63) is 54.1 Å². The van der Waals surface area contributed by atoms with E-state index in [4.69, 9.17) is 4.74 Å². The van der Waals surface area contributed by atoms with Crippen LogP contribution in [-0.4, -0.2) is 72.5 Å². The summed E-state index contributed by atoms with van der Waals surface area (Å²) in [5.74, 6) is 0.215. The Kier molecular flexibility index (Phi) is 7.62. The summed E-state index contributed by atoms with van der Waals surface area (Å²) in [6, 6.07) is 12.1. The van der Waals surface area contributed by atoms with Crippen molar-refractivity contribution in [2.45, 2.75) is 16.2 Å². The first-order chi connectivity index (χ1) is 13.9. The van der Waals surface area contributed by atoms with Gasteiger partial charge in [-0.2, -0.15) is 0 Å². The van der Waals surface area contributed by atoms with Crippen molar-refractivity contribution in [3.63, 3.8) is 0 Å². The molecule has 0 fully saturated rings. The number of rotatable bonds is 9. The first kappa shape index (κ1) is 23.8. The van der Waals surface area contributed by atoms with Crippen molar-refractivity contribution in [2.75, 3.05) is 40.6 Å². The molecule has 2 rings (SSSR count). The van der Waals surface area contributed by atoms with Gasteiger partial charge in [0.15, 0.2) is 9.84 Å². The Hall–Kier alpha value is -2.43. The molecule has 0 aliphatic heterocycles. The molecule has 0 bridgehead atoms. The number of sulfonamides is 1. The molecule has 0 N–H and O–H groups in total. The molecule has 0 spiro atoms. The van der Waals surface area contributed by atoms with Gasteiger partial charge in [-0.3, -0.25) is 4.79 Å². The molecular formula is C20H26N2O6S2. The van der Waals surface area contributed by atoms with Crippen molar-refractivity contribution < 1.29 is 26.4 Å². The average molecular weight is 455 g/mol. The predicted molar refractivity (Wildman–Crippen MR) is 114 cm³/mol. The van der Waals surface area contributed by atoms with Gasteiger partial charge in [-0.25, -0.2) is 21.1 Å². The van der Waals surface area contributed by atoms with Gasteiger partial charge >= 0.3 is 0 Å². The van der Waals surface area contributed by atoms with Crippen LogP contribution in [0.2, 0.25) is 0 Å². The fourth-order valence-corrected chi connectivity index (χ4v) is 4.15. The summed E-state index contributed by atoms with van der Waals surface area (Å²) in [6.45, 7) is 0.729. The van der Waals surface area contributed by atoms with Gasteiger partial charge in [0.05, 0.1) is 16.4 Å². The molecule has 164 valence electrons. The zero-order valence-electron chi connectivity index (χ0n) is 17.4. The molecule has 2 aromatic carbocycles. The molecule has 8 nitrogen and oxygen atoms in total. The van der Waals surface area contributed by atoms with E-state index in [-0.39, 0.29) is 15.7 Å². The molecule has 0 saturated carbocycles. The Morgan fingerprint density at radius 3 is 2.13 bits per heavy atom. The number of carbonyl (C=O) groups is 1. The van der Waals surface area contributed by atoms with E-state index in [1.807, 2.05) is 0 Å². The fourth-order valence-electron chi connectivity index (χ4n) is 2.59. The summed E-state index contributed by atoms with van der Waals surface area (Å²) in [7, 11) is -2.30. The van der Waals surface area contributed by atoms with Crippen LogP contribution in [0.15, 0.2) is 58.3 Å². The van der Waals surface area contributed by atoms with E-state index in [1.54, 1.807) is 19.2 Å². The molecule has 1 amide bonds. The largest absolute Gasteiger partial charge is 0.493 e. The van der Waals surface area contributed by atoms with Crippen molar-refractivity contribution in [1.29, 1.82) is 0 Å². The number of hydrogen-bond acceptors (Lipinski definition) is 6. The Morgan fingerprint density at radius 2 is 1.57 bits per heavy atom. The van der Waals surface area contributed by atoms with Crippen LogP contribution in [0.3, 0.4) is 0 Å². The monoisotopic (exact) mass is 454 g/mol. The maximum absolute atomic E-state index is 12.5. The Labute approximate surface area is 178 Å². The molecule has 0 radical (unpaired) electrons. The highest BCUT2D eigenvalue weighted by molar-refractivity contribution is 7.90. The van der Waals surface area contributed by atoms with E-state index in [9.17, 15) is 21.6 Å². The second kappa shape index (κ2) is 9.59. The van der Waals surface area contributed by atoms with E-state index in [1.165, 1.54) is 55.4 Å². The van der Waals surface area contributed by atoms with Gasteiger partial charge in [0.1, 0.15) is 5.75 Å². The van der Waals surface area contributed by atoms with Crippen LogP contribution < -0.4 is 4.74 Å². The van der Waals surface area contributed by atoms with Crippen LogP contribution in [-0.2, 0) is 19.9 Å². The van der Waals surface area contributed by atoms with Gasteiger partial charge in [0.2, 0.25) is 10.0 Å². The molecule has 0 saturated heterocycles. The molecule has 2 aromatic rings. The standard InChI is InChI=1S/C20H26N2O6S2/c1-21(2)30(26,27)18-11-9-16(10-12-18)20(23)22(3)13-6-14-28-17-7-5-8-19(15-17)29(4,24)25/h5,7-12,15H,6,13-14H2,1-4H3. The third kappa shape index (κ3) is 6.04. The smallest absolute Gasteiger partial charge is 0.253 e. The summed E-state index contributed by atoms with van der Waals surface area (Å²) in [5, 5.41) is 0. The van der Waals surface area contributed by atoms with Crippen LogP contribution in [0.25, 0.3) is 0 Å². The first-order valence-corrected chi connectivity index (χ1v) is 12.5. The summed E-state index contributed by atoms with van der Waals surface area (Å²) in [4.78, 5) is 14.3. The van der Waals surface area contributed by atoms with Crippen LogP contribution in [0.1, 0.15) is 16.8 Å². The Bertz CT molecular complexity index is 1090. The van der Waals surface area contributed by atoms with Crippen LogP contribution >= 0.6 is 0 Å². The van der Waals surface area contributed by atoms with Crippen molar-refractivity contribution >= 4 is 25.8 Å². The maximum atomic E-state index is 12.5. The Balaban J connectivity index is 1.89. The van der Waals surface area contributed by atoms with Gasteiger partial charge in [0, 0.05) is 39.5 Å². The fraction of sp³-hybridized carbons (Fsp3) is 0.350. The van der Waals surface area contributed by atoms with Crippen molar-refractivity contribution in [1.82, 2.24) is 9.21 Å². The lowest BCUT2D eigenvalue weighted by Gasteiger charge is -2.18. The van der Waals surface area contributed by atoms with Gasteiger partial charge in [-0.05, 0) is 48.9 Å². The molecule has 0 aliphatic carbocycles. The second-order valence-corrected chi connectivity index (χ2v) is 11.2. The third-order valence-corrected chi connectivity index (χ3v) is 7.31. The van der Waals surface area contributed by atoms with Crippen molar-refractivity contribution in [2.24, 2.45) is 0 Å². The van der Waals surface area contributed by atoms with Gasteiger partial charge in [0.25, 0.3) is 5.91 Å². The number of benzene rings is 2. The molecule has 0 aromatic heterocycles. The topological polar surface area (TPSA) is 101 Å². The third-order valence-electron chi connectivity index (χ3n) is 4.37.